The Bertz CT molecular complexity index is 3880. The quantitative estimate of drug-likeness (QED) is 0.125. The van der Waals surface area contributed by atoms with Crippen LogP contribution in [0.5, 0.6) is 0 Å². The number of hydrogen-bond donors (Lipinski definition) is 0. The van der Waals surface area contributed by atoms with E-state index in [4.69, 9.17) is 0 Å². The van der Waals surface area contributed by atoms with Crippen LogP contribution in [0.4, 0.5) is 22.7 Å². The summed E-state index contributed by atoms with van der Waals surface area (Å²) in [5.74, 6) is 0. The number of benzene rings is 10. The lowest BCUT2D eigenvalue weighted by Crippen LogP contribution is -2.54. The molecule has 4 aliphatic rings. The van der Waals surface area contributed by atoms with Gasteiger partial charge in [-0.15, -0.1) is 0 Å². The van der Waals surface area contributed by atoms with Crippen LogP contribution in [0.25, 0.3) is 76.5 Å². The molecule has 2 aliphatic heterocycles. The average molecular weight is 933 g/mol. The summed E-state index contributed by atoms with van der Waals surface area (Å²) in [5.41, 5.74) is 18.6. The molecule has 2 heterocycles. The summed E-state index contributed by atoms with van der Waals surface area (Å²) in [6, 6.07) is 70.7. The first-order valence-electron chi connectivity index (χ1n) is 26.9. The Balaban J connectivity index is 1.08. The molecule has 0 spiro atoms. The number of rotatable bonds is 5. The third kappa shape index (κ3) is 5.96. The van der Waals surface area contributed by atoms with Gasteiger partial charge in [0.2, 0.25) is 0 Å². The van der Waals surface area contributed by atoms with Crippen molar-refractivity contribution in [2.24, 2.45) is 0 Å². The normalized spacial score (nSPS) is 23.4. The largest absolute Gasteiger partial charge is 0.334 e. The van der Waals surface area contributed by atoms with Crippen LogP contribution in [0.3, 0.4) is 0 Å². The van der Waals surface area contributed by atoms with E-state index in [2.05, 4.69) is 233 Å². The van der Waals surface area contributed by atoms with E-state index >= 15 is 0 Å². The molecule has 0 bridgehead atoms. The van der Waals surface area contributed by atoms with Gasteiger partial charge in [-0.1, -0.05) is 155 Å². The number of fused-ring (bicyclic) bond motifs is 11. The monoisotopic (exact) mass is 933 g/mol. The van der Waals surface area contributed by atoms with E-state index in [9.17, 15) is 0 Å². The van der Waals surface area contributed by atoms with Gasteiger partial charge in [0.05, 0.1) is 11.1 Å². The fraction of sp³-hybridized carbons (Fsp3) is 0.257. The van der Waals surface area contributed by atoms with Crippen molar-refractivity contribution in [3.63, 3.8) is 0 Å². The zero-order valence-electron chi connectivity index (χ0n) is 42.9. The Hall–Kier alpha value is -7.16. The van der Waals surface area contributed by atoms with Gasteiger partial charge in [0.25, 0.3) is 0 Å². The summed E-state index contributed by atoms with van der Waals surface area (Å²) in [6.07, 6.45) is 9.71. The minimum absolute atomic E-state index is 0.0140. The zero-order valence-corrected chi connectivity index (χ0v) is 42.9. The van der Waals surface area contributed by atoms with Gasteiger partial charge in [-0.3, -0.25) is 0 Å². The van der Waals surface area contributed by atoms with Gasteiger partial charge in [0, 0.05) is 33.6 Å². The smallest absolute Gasteiger partial charge is 0.0517 e. The molecule has 354 valence electrons. The predicted molar refractivity (Wildman–Crippen MR) is 308 cm³/mol. The summed E-state index contributed by atoms with van der Waals surface area (Å²) in [5, 5.41) is 10.4. The molecule has 14 rings (SSSR count). The van der Waals surface area contributed by atoms with Crippen molar-refractivity contribution in [2.45, 2.75) is 115 Å². The van der Waals surface area contributed by atoms with E-state index in [1.807, 2.05) is 0 Å². The molecule has 2 nitrogen and oxygen atoms in total. The summed E-state index contributed by atoms with van der Waals surface area (Å²) in [7, 11) is 0. The SMILES string of the molecule is Cc1cccc(N2c3ccc(-c4c5ccccc5c(-c5ccc6c(c5)C5(C)CCCCC5(C)N6c5cccc(C)c5)c5cc6c(cc45)c(-c4ccccc4)cc4ccccc46)cc3C3(C)CCCCC23C)c1. The number of nitrogens with zero attached hydrogens (tertiary/aromatic N) is 2. The van der Waals surface area contributed by atoms with Gasteiger partial charge in [-0.2, -0.15) is 0 Å². The third-order valence-electron chi connectivity index (χ3n) is 19.4. The molecule has 4 atom stereocenters. The van der Waals surface area contributed by atoms with Crippen molar-refractivity contribution in [1.29, 1.82) is 0 Å². The molecule has 72 heavy (non-hydrogen) atoms. The highest BCUT2D eigenvalue weighted by Gasteiger charge is 2.59. The van der Waals surface area contributed by atoms with Crippen LogP contribution >= 0.6 is 0 Å². The number of hydrogen-bond acceptors (Lipinski definition) is 2. The van der Waals surface area contributed by atoms with Crippen LogP contribution in [0.2, 0.25) is 0 Å². The van der Waals surface area contributed by atoms with Crippen molar-refractivity contribution in [2.75, 3.05) is 9.80 Å². The molecule has 4 unspecified atom stereocenters. The van der Waals surface area contributed by atoms with Crippen molar-refractivity contribution in [3.8, 4) is 33.4 Å². The predicted octanol–water partition coefficient (Wildman–Crippen LogP) is 19.4. The van der Waals surface area contributed by atoms with E-state index < -0.39 is 0 Å². The third-order valence-corrected chi connectivity index (χ3v) is 19.4. The first kappa shape index (κ1) is 43.6. The molecular weight excluding hydrogens is 869 g/mol. The summed E-state index contributed by atoms with van der Waals surface area (Å²) in [4.78, 5) is 5.46. The Morgan fingerprint density at radius 2 is 0.819 bits per heavy atom. The van der Waals surface area contributed by atoms with Crippen molar-refractivity contribution in [1.82, 2.24) is 0 Å². The van der Waals surface area contributed by atoms with Gasteiger partial charge in [0.15, 0.2) is 0 Å². The highest BCUT2D eigenvalue weighted by molar-refractivity contribution is 6.27. The average Bonchev–Trinajstić information content (AvgIpc) is 3.74. The highest BCUT2D eigenvalue weighted by Crippen LogP contribution is 2.64. The standard InChI is InChI=1S/C70H64N2/c1-45-20-18-25-51(38-45)71-63-32-30-49(41-61(63)67(3)34-14-16-36-69(67,71)5)65-54-28-12-13-29-55(54)66(60-44-58-56(47-22-8-7-9-23-47)40-48-24-10-11-27-53(48)57(58)43-59(60)65)50-31-33-64-62(42-50)68(4)35-15-17-37-70(68,6)72(64)52-26-19-21-46(2)39-52/h7-13,18-33,38-44H,14-17,34-37H2,1-6H3. The van der Waals surface area contributed by atoms with Crippen LogP contribution in [0.1, 0.15) is 101 Å². The molecule has 2 saturated carbocycles. The van der Waals surface area contributed by atoms with E-state index in [1.165, 1.54) is 173 Å². The molecule has 2 aliphatic carbocycles. The maximum atomic E-state index is 2.73. The Morgan fingerprint density at radius 1 is 0.347 bits per heavy atom. The summed E-state index contributed by atoms with van der Waals surface area (Å²) >= 11 is 0. The topological polar surface area (TPSA) is 6.48 Å². The lowest BCUT2D eigenvalue weighted by Gasteiger charge is -2.50. The highest BCUT2D eigenvalue weighted by atomic mass is 15.3. The van der Waals surface area contributed by atoms with Crippen molar-refractivity contribution < 1.29 is 0 Å². The molecule has 2 fully saturated rings. The second-order valence-electron chi connectivity index (χ2n) is 23.2. The van der Waals surface area contributed by atoms with Gasteiger partial charge < -0.3 is 9.80 Å². The molecule has 0 aromatic heterocycles. The fourth-order valence-electron chi connectivity index (χ4n) is 15.4. The van der Waals surface area contributed by atoms with E-state index in [-0.39, 0.29) is 21.9 Å². The molecule has 2 heteroatoms. The lowest BCUT2D eigenvalue weighted by molar-refractivity contribution is 0.195. The molecule has 0 amide bonds. The lowest BCUT2D eigenvalue weighted by atomic mass is 9.61. The van der Waals surface area contributed by atoms with Crippen LogP contribution in [0, 0.1) is 13.8 Å². The number of aryl methyl sites for hydroxylation is 2. The Labute approximate surface area is 426 Å². The minimum Gasteiger partial charge on any atom is -0.334 e. The van der Waals surface area contributed by atoms with Gasteiger partial charge in [-0.05, 0) is 219 Å². The number of anilines is 4. The second kappa shape index (κ2) is 15.7. The minimum atomic E-state index is -0.0383. The molecule has 10 aromatic rings. The summed E-state index contributed by atoms with van der Waals surface area (Å²) < 4.78 is 0. The maximum absolute atomic E-state index is 2.73. The van der Waals surface area contributed by atoms with Crippen LogP contribution in [-0.2, 0) is 10.8 Å². The Kier molecular flexibility index (Phi) is 9.49. The zero-order chi connectivity index (χ0) is 48.7. The van der Waals surface area contributed by atoms with Gasteiger partial charge >= 0.3 is 0 Å². The second-order valence-corrected chi connectivity index (χ2v) is 23.2. The van der Waals surface area contributed by atoms with Crippen LogP contribution in [-0.4, -0.2) is 11.1 Å². The van der Waals surface area contributed by atoms with Gasteiger partial charge in [0.1, 0.15) is 0 Å². The first-order valence-corrected chi connectivity index (χ1v) is 26.9. The van der Waals surface area contributed by atoms with Crippen LogP contribution in [0.15, 0.2) is 182 Å². The molecule has 0 N–H and O–H groups in total. The molecular formula is C70H64N2. The van der Waals surface area contributed by atoms with E-state index in [1.54, 1.807) is 0 Å². The van der Waals surface area contributed by atoms with Crippen molar-refractivity contribution >= 4 is 65.8 Å². The fourth-order valence-corrected chi connectivity index (χ4v) is 15.4. The van der Waals surface area contributed by atoms with E-state index in [0.29, 0.717) is 0 Å². The Morgan fingerprint density at radius 3 is 1.35 bits per heavy atom. The summed E-state index contributed by atoms with van der Waals surface area (Å²) in [6.45, 7) is 14.8. The van der Waals surface area contributed by atoms with Crippen LogP contribution < -0.4 is 9.80 Å². The molecule has 0 radical (unpaired) electrons. The van der Waals surface area contributed by atoms with Crippen molar-refractivity contribution in [3.05, 3.63) is 204 Å². The first-order chi connectivity index (χ1) is 35.0. The maximum Gasteiger partial charge on any atom is 0.0517 e. The van der Waals surface area contributed by atoms with Gasteiger partial charge in [-0.25, -0.2) is 0 Å². The molecule has 10 aromatic carbocycles. The van der Waals surface area contributed by atoms with E-state index in [0.717, 1.165) is 0 Å². The molecule has 0 saturated heterocycles.